The maximum Gasteiger partial charge on any atom is 0.376 e. The molecule has 0 N–H and O–H groups in total. The first-order valence-corrected chi connectivity index (χ1v) is 6.86. The Morgan fingerprint density at radius 3 is 2.55 bits per heavy atom. The number of carbonyl (C=O) groups excluding carboxylic acids is 1. The average molecular weight is 271 g/mol. The summed E-state index contributed by atoms with van der Waals surface area (Å²) in [7, 11) is 0. The third-order valence-corrected chi connectivity index (χ3v) is 3.72. The zero-order chi connectivity index (χ0) is 14.1. The number of ether oxygens (including phenoxy) is 1. The topological polar surface area (TPSA) is 57.0 Å². The molecule has 1 aromatic carbocycles. The molecule has 0 bridgehead atoms. The molecule has 104 valence electrons. The second-order valence-corrected chi connectivity index (χ2v) is 4.99. The number of fused-ring (bicyclic) bond motifs is 1. The molecule has 3 rings (SSSR count). The minimum atomic E-state index is -0.399. The summed E-state index contributed by atoms with van der Waals surface area (Å²) in [5.41, 5.74) is 2.67. The second-order valence-electron chi connectivity index (χ2n) is 4.99. The fraction of sp³-hybridized carbons (Fsp3) is 0.400. The predicted molar refractivity (Wildman–Crippen MR) is 73.6 cm³/mol. The van der Waals surface area contributed by atoms with E-state index in [0.29, 0.717) is 12.4 Å². The van der Waals surface area contributed by atoms with Crippen molar-refractivity contribution >= 4 is 5.97 Å². The number of aryl methyl sites for hydroxylation is 1. The Kier molecular flexibility index (Phi) is 3.26. The number of rotatable bonds is 3. The van der Waals surface area contributed by atoms with E-state index in [1.165, 1.54) is 11.1 Å². The quantitative estimate of drug-likeness (QED) is 0.802. The second kappa shape index (κ2) is 5.07. The van der Waals surface area contributed by atoms with Crippen molar-refractivity contribution in [2.45, 2.75) is 32.7 Å². The summed E-state index contributed by atoms with van der Waals surface area (Å²) in [5.74, 6) is 0.664. The standard InChI is InChI=1S/C15H17N3O2/c1-3-20-15(19)14-17-16-10(2)18(14)13-8-11-6-4-5-7-12(11)9-13/h4-7,13H,3,8-9H2,1-2H3. The lowest BCUT2D eigenvalue weighted by atomic mass is 10.1. The highest BCUT2D eigenvalue weighted by molar-refractivity contribution is 5.85. The molecule has 0 amide bonds. The summed E-state index contributed by atoms with van der Waals surface area (Å²) in [6.07, 6.45) is 1.81. The van der Waals surface area contributed by atoms with E-state index in [-0.39, 0.29) is 6.04 Å². The highest BCUT2D eigenvalue weighted by Crippen LogP contribution is 2.31. The zero-order valence-electron chi connectivity index (χ0n) is 11.7. The maximum atomic E-state index is 12.0. The summed E-state index contributed by atoms with van der Waals surface area (Å²) in [6, 6.07) is 8.57. The number of aromatic nitrogens is 3. The highest BCUT2D eigenvalue weighted by Gasteiger charge is 2.28. The molecule has 0 aliphatic heterocycles. The van der Waals surface area contributed by atoms with Crippen molar-refractivity contribution in [1.29, 1.82) is 0 Å². The van der Waals surface area contributed by atoms with Crippen LogP contribution in [0.1, 0.15) is 40.5 Å². The molecular formula is C15H17N3O2. The summed E-state index contributed by atoms with van der Waals surface area (Å²) in [6.45, 7) is 4.01. The number of hydrogen-bond donors (Lipinski definition) is 0. The van der Waals surface area contributed by atoms with E-state index in [9.17, 15) is 4.79 Å². The van der Waals surface area contributed by atoms with Crippen LogP contribution < -0.4 is 0 Å². The summed E-state index contributed by atoms with van der Waals surface area (Å²) in [4.78, 5) is 12.0. The van der Waals surface area contributed by atoms with Gasteiger partial charge in [0.1, 0.15) is 5.82 Å². The fourth-order valence-electron chi connectivity index (χ4n) is 2.86. The van der Waals surface area contributed by atoms with Gasteiger partial charge in [0.15, 0.2) is 0 Å². The third-order valence-electron chi connectivity index (χ3n) is 3.72. The third kappa shape index (κ3) is 2.09. The van der Waals surface area contributed by atoms with Crippen molar-refractivity contribution in [2.24, 2.45) is 0 Å². The molecule has 1 aliphatic rings. The smallest absolute Gasteiger partial charge is 0.376 e. The fourth-order valence-corrected chi connectivity index (χ4v) is 2.86. The van der Waals surface area contributed by atoms with Crippen LogP contribution in [0, 0.1) is 6.92 Å². The van der Waals surface area contributed by atoms with Crippen LogP contribution in [0.5, 0.6) is 0 Å². The lowest BCUT2D eigenvalue weighted by Gasteiger charge is -2.15. The van der Waals surface area contributed by atoms with Crippen LogP contribution in [0.4, 0.5) is 0 Å². The first-order valence-electron chi connectivity index (χ1n) is 6.86. The van der Waals surface area contributed by atoms with Crippen LogP contribution in [0.2, 0.25) is 0 Å². The molecule has 0 spiro atoms. The summed E-state index contributed by atoms with van der Waals surface area (Å²) < 4.78 is 6.97. The van der Waals surface area contributed by atoms with Crippen LogP contribution in [0.15, 0.2) is 24.3 Å². The first-order chi connectivity index (χ1) is 9.70. The van der Waals surface area contributed by atoms with Gasteiger partial charge >= 0.3 is 5.97 Å². The van der Waals surface area contributed by atoms with Gasteiger partial charge in [0.05, 0.1) is 6.61 Å². The lowest BCUT2D eigenvalue weighted by molar-refractivity contribution is 0.0503. The number of benzene rings is 1. The van der Waals surface area contributed by atoms with Gasteiger partial charge in [-0.3, -0.25) is 0 Å². The molecule has 0 unspecified atom stereocenters. The Bertz CT molecular complexity index is 623. The molecule has 1 aliphatic carbocycles. The van der Waals surface area contributed by atoms with Gasteiger partial charge in [0.2, 0.25) is 5.82 Å². The van der Waals surface area contributed by atoms with E-state index in [1.54, 1.807) is 6.92 Å². The number of nitrogens with zero attached hydrogens (tertiary/aromatic N) is 3. The highest BCUT2D eigenvalue weighted by atomic mass is 16.5. The van der Waals surface area contributed by atoms with Crippen LogP contribution in [-0.2, 0) is 17.6 Å². The van der Waals surface area contributed by atoms with Gasteiger partial charge in [-0.1, -0.05) is 24.3 Å². The lowest BCUT2D eigenvalue weighted by Crippen LogP contribution is -2.19. The van der Waals surface area contributed by atoms with Crippen molar-refractivity contribution in [3.63, 3.8) is 0 Å². The van der Waals surface area contributed by atoms with E-state index in [4.69, 9.17) is 4.74 Å². The molecule has 1 aromatic heterocycles. The molecule has 5 heteroatoms. The molecule has 0 radical (unpaired) electrons. The van der Waals surface area contributed by atoms with Crippen molar-refractivity contribution in [1.82, 2.24) is 14.8 Å². The SMILES string of the molecule is CCOC(=O)c1nnc(C)n1C1Cc2ccccc2C1. The van der Waals surface area contributed by atoms with Crippen LogP contribution in [-0.4, -0.2) is 27.3 Å². The van der Waals surface area contributed by atoms with Gasteiger partial charge in [-0.25, -0.2) is 4.79 Å². The Morgan fingerprint density at radius 2 is 1.95 bits per heavy atom. The van der Waals surface area contributed by atoms with Crippen molar-refractivity contribution in [2.75, 3.05) is 6.61 Å². The molecule has 0 fully saturated rings. The maximum absolute atomic E-state index is 12.0. The Hall–Kier alpha value is -2.17. The predicted octanol–water partition coefficient (Wildman–Crippen LogP) is 2.10. The Morgan fingerprint density at radius 1 is 1.30 bits per heavy atom. The van der Waals surface area contributed by atoms with Crippen molar-refractivity contribution in [3.8, 4) is 0 Å². The monoisotopic (exact) mass is 271 g/mol. The number of esters is 1. The van der Waals surface area contributed by atoms with E-state index >= 15 is 0 Å². The zero-order valence-corrected chi connectivity index (χ0v) is 11.7. The van der Waals surface area contributed by atoms with Gasteiger partial charge in [0, 0.05) is 6.04 Å². The van der Waals surface area contributed by atoms with Gasteiger partial charge in [-0.2, -0.15) is 0 Å². The van der Waals surface area contributed by atoms with E-state index in [0.717, 1.165) is 18.7 Å². The molecular weight excluding hydrogens is 254 g/mol. The molecule has 1 heterocycles. The van der Waals surface area contributed by atoms with Gasteiger partial charge in [0.25, 0.3) is 0 Å². The van der Waals surface area contributed by atoms with Crippen LogP contribution in [0.3, 0.4) is 0 Å². The van der Waals surface area contributed by atoms with Crippen LogP contribution in [0.25, 0.3) is 0 Å². The molecule has 0 saturated heterocycles. The minimum absolute atomic E-state index is 0.196. The van der Waals surface area contributed by atoms with E-state index < -0.39 is 5.97 Å². The molecule has 0 saturated carbocycles. The van der Waals surface area contributed by atoms with Crippen molar-refractivity contribution < 1.29 is 9.53 Å². The first kappa shape index (κ1) is 12.8. The molecule has 2 aromatic rings. The summed E-state index contributed by atoms with van der Waals surface area (Å²) >= 11 is 0. The molecule has 5 nitrogen and oxygen atoms in total. The van der Waals surface area contributed by atoms with Gasteiger partial charge < -0.3 is 9.30 Å². The van der Waals surface area contributed by atoms with Crippen molar-refractivity contribution in [3.05, 3.63) is 47.0 Å². The normalized spacial score (nSPS) is 14.3. The van der Waals surface area contributed by atoms with Gasteiger partial charge in [-0.15, -0.1) is 10.2 Å². The Balaban J connectivity index is 1.93. The number of carbonyl (C=O) groups is 1. The van der Waals surface area contributed by atoms with E-state index in [2.05, 4.69) is 22.3 Å². The molecule has 0 atom stereocenters. The van der Waals surface area contributed by atoms with E-state index in [1.807, 2.05) is 23.6 Å². The Labute approximate surface area is 117 Å². The van der Waals surface area contributed by atoms with Crippen LogP contribution >= 0.6 is 0 Å². The van der Waals surface area contributed by atoms with Gasteiger partial charge in [-0.05, 0) is 37.8 Å². The summed E-state index contributed by atoms with van der Waals surface area (Å²) in [5, 5.41) is 8.02. The largest absolute Gasteiger partial charge is 0.460 e. The minimum Gasteiger partial charge on any atom is -0.460 e. The number of hydrogen-bond acceptors (Lipinski definition) is 4. The molecule has 20 heavy (non-hydrogen) atoms. The average Bonchev–Trinajstić information content (AvgIpc) is 3.01.